The Labute approximate surface area is 115 Å². The highest BCUT2D eigenvalue weighted by molar-refractivity contribution is 6.31. The van der Waals surface area contributed by atoms with E-state index in [1.54, 1.807) is 0 Å². The fraction of sp³-hybridized carbons (Fsp3) is 0.600. The molecule has 0 aromatic heterocycles. The summed E-state index contributed by atoms with van der Waals surface area (Å²) in [6, 6.07) is 6.30. The van der Waals surface area contributed by atoms with Gasteiger partial charge < -0.3 is 10.6 Å². The zero-order chi connectivity index (χ0) is 13.0. The molecule has 0 aliphatic carbocycles. The van der Waals surface area contributed by atoms with Gasteiger partial charge in [0.25, 0.3) is 0 Å². The van der Waals surface area contributed by atoms with Crippen LogP contribution < -0.4 is 10.6 Å². The number of rotatable bonds is 2. The Hall–Kier alpha value is -0.730. The van der Waals surface area contributed by atoms with Crippen LogP contribution in [0.15, 0.2) is 18.2 Å². The molecule has 0 spiro atoms. The standard InChI is InChI=1S/C15H23ClN2/c1-12(17)14-8-7-13(11-15(14)16)18-9-5-3-2-4-6-10-18/h7-8,11-12H,2-6,9-10,17H2,1H3. The van der Waals surface area contributed by atoms with Crippen molar-refractivity contribution in [1.82, 2.24) is 0 Å². The van der Waals surface area contributed by atoms with E-state index in [0.29, 0.717) is 0 Å². The van der Waals surface area contributed by atoms with Crippen molar-refractivity contribution in [2.75, 3.05) is 18.0 Å². The maximum atomic E-state index is 6.31. The van der Waals surface area contributed by atoms with E-state index in [1.807, 2.05) is 6.92 Å². The summed E-state index contributed by atoms with van der Waals surface area (Å²) in [7, 11) is 0. The molecule has 3 heteroatoms. The molecule has 1 unspecified atom stereocenters. The Morgan fingerprint density at radius 1 is 1.11 bits per heavy atom. The zero-order valence-electron chi connectivity index (χ0n) is 11.2. The third-order valence-electron chi connectivity index (χ3n) is 3.70. The van der Waals surface area contributed by atoms with Crippen molar-refractivity contribution in [3.05, 3.63) is 28.8 Å². The third kappa shape index (κ3) is 3.39. The second-order valence-electron chi connectivity index (χ2n) is 5.25. The van der Waals surface area contributed by atoms with Crippen molar-refractivity contribution in [2.24, 2.45) is 5.73 Å². The molecule has 1 fully saturated rings. The molecule has 1 aliphatic heterocycles. The van der Waals surface area contributed by atoms with Gasteiger partial charge in [-0.15, -0.1) is 0 Å². The highest BCUT2D eigenvalue weighted by Gasteiger charge is 2.12. The zero-order valence-corrected chi connectivity index (χ0v) is 11.9. The number of hydrogen-bond acceptors (Lipinski definition) is 2. The van der Waals surface area contributed by atoms with Gasteiger partial charge in [0.15, 0.2) is 0 Å². The molecule has 1 heterocycles. The lowest BCUT2D eigenvalue weighted by Crippen LogP contribution is -2.27. The Balaban J connectivity index is 2.14. The molecule has 2 rings (SSSR count). The number of halogens is 1. The molecule has 1 aromatic carbocycles. The van der Waals surface area contributed by atoms with Crippen LogP contribution in [0.4, 0.5) is 5.69 Å². The number of anilines is 1. The van der Waals surface area contributed by atoms with Gasteiger partial charge in [-0.25, -0.2) is 0 Å². The Morgan fingerprint density at radius 3 is 2.28 bits per heavy atom. The summed E-state index contributed by atoms with van der Waals surface area (Å²) in [5, 5.41) is 0.796. The average molecular weight is 267 g/mol. The minimum atomic E-state index is -0.00103. The monoisotopic (exact) mass is 266 g/mol. The summed E-state index contributed by atoms with van der Waals surface area (Å²) in [5.74, 6) is 0. The van der Waals surface area contributed by atoms with E-state index < -0.39 is 0 Å². The Bertz CT molecular complexity index is 382. The van der Waals surface area contributed by atoms with Crippen LogP contribution in [0.3, 0.4) is 0 Å². The van der Waals surface area contributed by atoms with E-state index in [4.69, 9.17) is 17.3 Å². The van der Waals surface area contributed by atoms with E-state index in [-0.39, 0.29) is 6.04 Å². The van der Waals surface area contributed by atoms with Gasteiger partial charge in [-0.05, 0) is 37.5 Å². The van der Waals surface area contributed by atoms with Crippen LogP contribution in [0.25, 0.3) is 0 Å². The van der Waals surface area contributed by atoms with E-state index in [1.165, 1.54) is 37.8 Å². The first kappa shape index (κ1) is 13.7. The molecule has 1 aromatic rings. The second-order valence-corrected chi connectivity index (χ2v) is 5.66. The summed E-state index contributed by atoms with van der Waals surface area (Å²) >= 11 is 6.31. The van der Waals surface area contributed by atoms with E-state index in [0.717, 1.165) is 23.7 Å². The summed E-state index contributed by atoms with van der Waals surface area (Å²) in [4.78, 5) is 2.45. The van der Waals surface area contributed by atoms with Crippen molar-refractivity contribution in [3.63, 3.8) is 0 Å². The molecular weight excluding hydrogens is 244 g/mol. The maximum absolute atomic E-state index is 6.31. The average Bonchev–Trinajstić information content (AvgIpc) is 2.27. The van der Waals surface area contributed by atoms with Crippen LogP contribution in [-0.2, 0) is 0 Å². The molecule has 0 amide bonds. The molecule has 2 N–H and O–H groups in total. The van der Waals surface area contributed by atoms with Crippen LogP contribution in [0.2, 0.25) is 5.02 Å². The van der Waals surface area contributed by atoms with Crippen molar-refractivity contribution >= 4 is 17.3 Å². The summed E-state index contributed by atoms with van der Waals surface area (Å²) < 4.78 is 0. The molecule has 100 valence electrons. The van der Waals surface area contributed by atoms with Crippen molar-refractivity contribution in [2.45, 2.75) is 45.1 Å². The van der Waals surface area contributed by atoms with Gasteiger partial charge in [0, 0.05) is 29.8 Å². The molecule has 2 nitrogen and oxygen atoms in total. The number of hydrogen-bond donors (Lipinski definition) is 1. The highest BCUT2D eigenvalue weighted by atomic mass is 35.5. The molecule has 18 heavy (non-hydrogen) atoms. The maximum Gasteiger partial charge on any atom is 0.0474 e. The topological polar surface area (TPSA) is 29.3 Å². The predicted octanol–water partition coefficient (Wildman–Crippen LogP) is 4.13. The number of benzene rings is 1. The Morgan fingerprint density at radius 2 is 1.72 bits per heavy atom. The summed E-state index contributed by atoms with van der Waals surface area (Å²) in [6.45, 7) is 4.26. The summed E-state index contributed by atoms with van der Waals surface area (Å²) in [6.07, 6.45) is 6.65. The van der Waals surface area contributed by atoms with E-state index in [9.17, 15) is 0 Å². The van der Waals surface area contributed by atoms with Crippen molar-refractivity contribution in [3.8, 4) is 0 Å². The van der Waals surface area contributed by atoms with Gasteiger partial charge in [-0.2, -0.15) is 0 Å². The normalized spacial score (nSPS) is 19.2. The van der Waals surface area contributed by atoms with Crippen LogP contribution >= 0.6 is 11.6 Å². The fourth-order valence-corrected chi connectivity index (χ4v) is 2.93. The van der Waals surface area contributed by atoms with Crippen LogP contribution in [-0.4, -0.2) is 13.1 Å². The van der Waals surface area contributed by atoms with Crippen LogP contribution in [0, 0.1) is 0 Å². The molecule has 1 atom stereocenters. The first-order chi connectivity index (χ1) is 8.68. The quantitative estimate of drug-likeness (QED) is 0.872. The molecule has 1 saturated heterocycles. The molecule has 0 radical (unpaired) electrons. The van der Waals surface area contributed by atoms with Crippen LogP contribution in [0.5, 0.6) is 0 Å². The fourth-order valence-electron chi connectivity index (χ4n) is 2.59. The predicted molar refractivity (Wildman–Crippen MR) is 79.4 cm³/mol. The van der Waals surface area contributed by atoms with Gasteiger partial charge in [0.1, 0.15) is 0 Å². The lowest BCUT2D eigenvalue weighted by atomic mass is 10.1. The first-order valence-corrected chi connectivity index (χ1v) is 7.36. The highest BCUT2D eigenvalue weighted by Crippen LogP contribution is 2.28. The first-order valence-electron chi connectivity index (χ1n) is 6.98. The lowest BCUT2D eigenvalue weighted by Gasteiger charge is -2.27. The molecular formula is C15H23ClN2. The van der Waals surface area contributed by atoms with Gasteiger partial charge in [0.05, 0.1) is 0 Å². The van der Waals surface area contributed by atoms with Crippen molar-refractivity contribution in [1.29, 1.82) is 0 Å². The third-order valence-corrected chi connectivity index (χ3v) is 4.02. The molecule has 1 aliphatic rings. The number of nitrogens with zero attached hydrogens (tertiary/aromatic N) is 1. The minimum absolute atomic E-state index is 0.00103. The SMILES string of the molecule is CC(N)c1ccc(N2CCCCCCC2)cc1Cl. The molecule has 0 bridgehead atoms. The second kappa shape index (κ2) is 6.44. The van der Waals surface area contributed by atoms with Gasteiger partial charge in [0.2, 0.25) is 0 Å². The smallest absolute Gasteiger partial charge is 0.0474 e. The van der Waals surface area contributed by atoms with Crippen molar-refractivity contribution < 1.29 is 0 Å². The number of nitrogens with two attached hydrogens (primary N) is 1. The molecule has 0 saturated carbocycles. The van der Waals surface area contributed by atoms with E-state index >= 15 is 0 Å². The van der Waals surface area contributed by atoms with Crippen LogP contribution in [0.1, 0.15) is 50.6 Å². The largest absolute Gasteiger partial charge is 0.371 e. The minimum Gasteiger partial charge on any atom is -0.371 e. The van der Waals surface area contributed by atoms with Gasteiger partial charge >= 0.3 is 0 Å². The van der Waals surface area contributed by atoms with Gasteiger partial charge in [-0.3, -0.25) is 0 Å². The Kier molecular flexibility index (Phi) is 4.90. The van der Waals surface area contributed by atoms with E-state index in [2.05, 4.69) is 23.1 Å². The van der Waals surface area contributed by atoms with Gasteiger partial charge in [-0.1, -0.05) is 36.9 Å². The summed E-state index contributed by atoms with van der Waals surface area (Å²) in [5.41, 5.74) is 8.17. The lowest BCUT2D eigenvalue weighted by molar-refractivity contribution is 0.556.